The minimum Gasteiger partial charge on any atom is -0.486 e. The lowest BCUT2D eigenvalue weighted by molar-refractivity contribution is -0.119. The van der Waals surface area contributed by atoms with Crippen LogP contribution in [0.1, 0.15) is 50.4 Å². The van der Waals surface area contributed by atoms with Gasteiger partial charge in [-0.2, -0.15) is 0 Å². The molecule has 1 aromatic rings. The minimum atomic E-state index is 0.00869. The highest BCUT2D eigenvalue weighted by atomic mass is 16.5. The number of ether oxygens (including phenoxy) is 1. The van der Waals surface area contributed by atoms with Gasteiger partial charge in [0.1, 0.15) is 11.9 Å². The SMILES string of the molecule is CCCCNC(=O)CN1CC(CC)Oc2ccc(C(C)=O)cc21. The molecular formula is C18H26N2O3. The highest BCUT2D eigenvalue weighted by molar-refractivity contribution is 5.96. The van der Waals surface area contributed by atoms with Gasteiger partial charge in [0.25, 0.3) is 0 Å². The van der Waals surface area contributed by atoms with E-state index in [2.05, 4.69) is 19.2 Å². The zero-order chi connectivity index (χ0) is 16.8. The molecule has 1 atom stereocenters. The topological polar surface area (TPSA) is 58.6 Å². The Bertz CT molecular complexity index is 571. The largest absolute Gasteiger partial charge is 0.486 e. The van der Waals surface area contributed by atoms with Crippen LogP contribution in [0, 0.1) is 0 Å². The first-order chi connectivity index (χ1) is 11.0. The van der Waals surface area contributed by atoms with Gasteiger partial charge in [-0.3, -0.25) is 9.59 Å². The molecule has 1 heterocycles. The second kappa shape index (κ2) is 7.99. The van der Waals surface area contributed by atoms with Gasteiger partial charge in [0.15, 0.2) is 5.78 Å². The average Bonchev–Trinajstić information content (AvgIpc) is 2.54. The van der Waals surface area contributed by atoms with Crippen LogP contribution in [-0.4, -0.2) is 37.4 Å². The average molecular weight is 318 g/mol. The van der Waals surface area contributed by atoms with Crippen LogP contribution in [0.4, 0.5) is 5.69 Å². The van der Waals surface area contributed by atoms with E-state index in [9.17, 15) is 9.59 Å². The van der Waals surface area contributed by atoms with Crippen LogP contribution in [0.15, 0.2) is 18.2 Å². The number of fused-ring (bicyclic) bond motifs is 1. The lowest BCUT2D eigenvalue weighted by Crippen LogP contribution is -2.45. The predicted octanol–water partition coefficient (Wildman–Crippen LogP) is 2.78. The maximum absolute atomic E-state index is 12.1. The maximum Gasteiger partial charge on any atom is 0.239 e. The zero-order valence-electron chi connectivity index (χ0n) is 14.2. The molecule has 2 rings (SSSR count). The van der Waals surface area contributed by atoms with Crippen LogP contribution < -0.4 is 15.0 Å². The smallest absolute Gasteiger partial charge is 0.239 e. The zero-order valence-corrected chi connectivity index (χ0v) is 14.2. The highest BCUT2D eigenvalue weighted by Gasteiger charge is 2.26. The van der Waals surface area contributed by atoms with E-state index in [0.717, 1.165) is 30.7 Å². The van der Waals surface area contributed by atoms with Crippen molar-refractivity contribution in [2.24, 2.45) is 0 Å². The van der Waals surface area contributed by atoms with E-state index >= 15 is 0 Å². The Morgan fingerprint density at radius 2 is 2.13 bits per heavy atom. The summed E-state index contributed by atoms with van der Waals surface area (Å²) in [5, 5.41) is 2.94. The van der Waals surface area contributed by atoms with Gasteiger partial charge in [0.2, 0.25) is 5.91 Å². The number of benzene rings is 1. The van der Waals surface area contributed by atoms with Crippen molar-refractivity contribution in [2.75, 3.05) is 24.5 Å². The number of hydrogen-bond acceptors (Lipinski definition) is 4. The number of anilines is 1. The van der Waals surface area contributed by atoms with E-state index in [1.165, 1.54) is 0 Å². The van der Waals surface area contributed by atoms with Crippen molar-refractivity contribution < 1.29 is 14.3 Å². The number of carbonyl (C=O) groups is 2. The Balaban J connectivity index is 2.16. The molecule has 1 aromatic carbocycles. The molecule has 0 bridgehead atoms. The lowest BCUT2D eigenvalue weighted by Gasteiger charge is -2.35. The Morgan fingerprint density at radius 3 is 2.78 bits per heavy atom. The molecule has 0 radical (unpaired) electrons. The molecule has 23 heavy (non-hydrogen) atoms. The molecule has 5 heteroatoms. The summed E-state index contributed by atoms with van der Waals surface area (Å²) >= 11 is 0. The normalized spacial score (nSPS) is 16.5. The van der Waals surface area contributed by atoms with Crippen molar-refractivity contribution in [3.8, 4) is 5.75 Å². The summed E-state index contributed by atoms with van der Waals surface area (Å²) in [5.74, 6) is 0.765. The molecule has 126 valence electrons. The molecule has 0 spiro atoms. The molecule has 1 unspecified atom stereocenters. The molecule has 0 saturated carbocycles. The molecule has 0 aromatic heterocycles. The second-order valence-corrected chi connectivity index (χ2v) is 5.97. The fourth-order valence-corrected chi connectivity index (χ4v) is 2.64. The number of amides is 1. The number of rotatable bonds is 7. The van der Waals surface area contributed by atoms with Crippen LogP contribution in [0.3, 0.4) is 0 Å². The van der Waals surface area contributed by atoms with Crippen LogP contribution in [0.25, 0.3) is 0 Å². The van der Waals surface area contributed by atoms with Gasteiger partial charge in [-0.25, -0.2) is 0 Å². The molecular weight excluding hydrogens is 292 g/mol. The second-order valence-electron chi connectivity index (χ2n) is 5.97. The first-order valence-electron chi connectivity index (χ1n) is 8.38. The van der Waals surface area contributed by atoms with Gasteiger partial charge in [-0.15, -0.1) is 0 Å². The highest BCUT2D eigenvalue weighted by Crippen LogP contribution is 2.34. The number of ketones is 1. The molecule has 1 amide bonds. The standard InChI is InChI=1S/C18H26N2O3/c1-4-6-9-19-18(22)12-20-11-15(5-2)23-17-8-7-14(13(3)21)10-16(17)20/h7-8,10,15H,4-6,9,11-12H2,1-3H3,(H,19,22). The van der Waals surface area contributed by atoms with Crippen LogP contribution >= 0.6 is 0 Å². The Hall–Kier alpha value is -2.04. The third-order valence-corrected chi connectivity index (χ3v) is 4.07. The summed E-state index contributed by atoms with van der Waals surface area (Å²) in [6.45, 7) is 7.36. The van der Waals surface area contributed by atoms with Gasteiger partial charge >= 0.3 is 0 Å². The van der Waals surface area contributed by atoms with Crippen LogP contribution in [0.2, 0.25) is 0 Å². The van der Waals surface area contributed by atoms with Crippen molar-refractivity contribution in [1.29, 1.82) is 0 Å². The Kier molecular flexibility index (Phi) is 6.02. The summed E-state index contributed by atoms with van der Waals surface area (Å²) in [6.07, 6.45) is 2.98. The van der Waals surface area contributed by atoms with E-state index in [0.29, 0.717) is 18.7 Å². The molecule has 0 fully saturated rings. The number of hydrogen-bond donors (Lipinski definition) is 1. The van der Waals surface area contributed by atoms with Gasteiger partial charge in [0, 0.05) is 12.1 Å². The molecule has 1 N–H and O–H groups in total. The number of unbranched alkanes of at least 4 members (excludes halogenated alkanes) is 1. The third-order valence-electron chi connectivity index (χ3n) is 4.07. The Morgan fingerprint density at radius 1 is 1.35 bits per heavy atom. The van der Waals surface area contributed by atoms with Crippen molar-refractivity contribution in [3.63, 3.8) is 0 Å². The van der Waals surface area contributed by atoms with Gasteiger partial charge in [0.05, 0.1) is 18.8 Å². The summed E-state index contributed by atoms with van der Waals surface area (Å²) in [4.78, 5) is 25.8. The lowest BCUT2D eigenvalue weighted by atomic mass is 10.1. The minimum absolute atomic E-state index is 0.00869. The van der Waals surface area contributed by atoms with Gasteiger partial charge < -0.3 is 15.0 Å². The quantitative estimate of drug-likeness (QED) is 0.620. The molecule has 0 aliphatic carbocycles. The van der Waals surface area contributed by atoms with Crippen LogP contribution in [0.5, 0.6) is 5.75 Å². The van der Waals surface area contributed by atoms with E-state index < -0.39 is 0 Å². The van der Waals surface area contributed by atoms with Crippen molar-refractivity contribution in [3.05, 3.63) is 23.8 Å². The summed E-state index contributed by atoms with van der Waals surface area (Å²) < 4.78 is 5.94. The van der Waals surface area contributed by atoms with E-state index in [1.807, 2.05) is 17.0 Å². The molecule has 1 aliphatic heterocycles. The predicted molar refractivity (Wildman–Crippen MR) is 91.3 cm³/mol. The summed E-state index contributed by atoms with van der Waals surface area (Å²) in [7, 11) is 0. The van der Waals surface area contributed by atoms with E-state index in [4.69, 9.17) is 4.74 Å². The number of nitrogens with zero attached hydrogens (tertiary/aromatic N) is 1. The van der Waals surface area contributed by atoms with Gasteiger partial charge in [-0.05, 0) is 38.0 Å². The molecule has 5 nitrogen and oxygen atoms in total. The van der Waals surface area contributed by atoms with E-state index in [-0.39, 0.29) is 24.3 Å². The first kappa shape index (κ1) is 17.3. The monoisotopic (exact) mass is 318 g/mol. The number of carbonyl (C=O) groups excluding carboxylic acids is 2. The third kappa shape index (κ3) is 4.47. The fourth-order valence-electron chi connectivity index (χ4n) is 2.64. The first-order valence-corrected chi connectivity index (χ1v) is 8.38. The summed E-state index contributed by atoms with van der Waals surface area (Å²) in [6, 6.07) is 5.43. The number of nitrogens with one attached hydrogen (secondary N) is 1. The van der Waals surface area contributed by atoms with Crippen molar-refractivity contribution in [1.82, 2.24) is 5.32 Å². The Labute approximate surface area is 138 Å². The van der Waals surface area contributed by atoms with Crippen molar-refractivity contribution in [2.45, 2.75) is 46.1 Å². The molecule has 0 saturated heterocycles. The maximum atomic E-state index is 12.1. The van der Waals surface area contributed by atoms with Crippen LogP contribution in [-0.2, 0) is 4.79 Å². The van der Waals surface area contributed by atoms with E-state index in [1.54, 1.807) is 13.0 Å². The molecule has 1 aliphatic rings. The van der Waals surface area contributed by atoms with Gasteiger partial charge in [-0.1, -0.05) is 20.3 Å². The summed E-state index contributed by atoms with van der Waals surface area (Å²) in [5.41, 5.74) is 1.46. The fraction of sp³-hybridized carbons (Fsp3) is 0.556. The number of Topliss-reactive ketones (excluding diaryl/α,β-unsaturated/α-hetero) is 1. The van der Waals surface area contributed by atoms with Crippen molar-refractivity contribution >= 4 is 17.4 Å².